The number of rotatable bonds is 8. The van der Waals surface area contributed by atoms with Crippen LogP contribution in [0.5, 0.6) is 0 Å². The molecule has 232 valence electrons. The molecule has 2 N–H and O–H groups in total. The number of carbonyl (C=O) groups excluding carboxylic acids is 3. The normalized spacial score (nSPS) is 15.6. The standard InChI is InChI=1S/C31H27F6N3O4/c1-3-14-40-26(19-8-6-5-7-9-19)24(28(42)44-4-2)25(39-29(40)43)18-10-12-23(13-11-18)38-27(41)20-15-21(30(32,33)34)17-22(16-20)31(35,36)37/h5-13,15-17,25H,3-4,14H2,1-2H3,(H,38,41)(H,39,43). The number of esters is 1. The van der Waals surface area contributed by atoms with Crippen LogP contribution in [0, 0.1) is 0 Å². The summed E-state index contributed by atoms with van der Waals surface area (Å²) in [6.07, 6.45) is -9.63. The Morgan fingerprint density at radius 1 is 0.886 bits per heavy atom. The van der Waals surface area contributed by atoms with E-state index >= 15 is 0 Å². The Morgan fingerprint density at radius 3 is 2.00 bits per heavy atom. The molecule has 3 aromatic rings. The number of halogens is 6. The number of alkyl halides is 6. The van der Waals surface area contributed by atoms with Crippen LogP contribution in [-0.4, -0.2) is 36.0 Å². The fraction of sp³-hybridized carbons (Fsp3) is 0.258. The minimum absolute atomic E-state index is 0.0458. The smallest absolute Gasteiger partial charge is 0.416 e. The lowest BCUT2D eigenvalue weighted by molar-refractivity contribution is -0.143. The minimum atomic E-state index is -5.11. The van der Waals surface area contributed by atoms with Gasteiger partial charge in [-0.05, 0) is 54.8 Å². The molecule has 0 spiro atoms. The third kappa shape index (κ3) is 7.04. The molecule has 1 aliphatic heterocycles. The van der Waals surface area contributed by atoms with Crippen LogP contribution in [0.3, 0.4) is 0 Å². The van der Waals surface area contributed by atoms with Crippen molar-refractivity contribution in [3.05, 3.63) is 106 Å². The van der Waals surface area contributed by atoms with Gasteiger partial charge in [0.1, 0.15) is 0 Å². The highest BCUT2D eigenvalue weighted by Gasteiger charge is 2.39. The number of ether oxygens (including phenoxy) is 1. The van der Waals surface area contributed by atoms with Gasteiger partial charge in [-0.15, -0.1) is 0 Å². The lowest BCUT2D eigenvalue weighted by Gasteiger charge is -2.36. The number of nitrogens with zero attached hydrogens (tertiary/aromatic N) is 1. The zero-order valence-electron chi connectivity index (χ0n) is 23.5. The van der Waals surface area contributed by atoms with Crippen molar-refractivity contribution in [2.75, 3.05) is 18.5 Å². The second-order valence-corrected chi connectivity index (χ2v) is 9.75. The molecule has 3 aromatic carbocycles. The molecular formula is C31H27F6N3O4. The van der Waals surface area contributed by atoms with Gasteiger partial charge in [-0.2, -0.15) is 26.3 Å². The van der Waals surface area contributed by atoms with Crippen LogP contribution in [-0.2, 0) is 21.9 Å². The maximum Gasteiger partial charge on any atom is 0.416 e. The topological polar surface area (TPSA) is 87.7 Å². The summed E-state index contributed by atoms with van der Waals surface area (Å²) >= 11 is 0. The van der Waals surface area contributed by atoms with Crippen LogP contribution in [0.25, 0.3) is 5.70 Å². The first-order chi connectivity index (χ1) is 20.7. The fourth-order valence-electron chi connectivity index (χ4n) is 4.72. The average molecular weight is 620 g/mol. The van der Waals surface area contributed by atoms with Crippen molar-refractivity contribution in [3.63, 3.8) is 0 Å². The molecule has 1 heterocycles. The van der Waals surface area contributed by atoms with Crippen molar-refractivity contribution in [2.45, 2.75) is 38.7 Å². The maximum atomic E-state index is 13.3. The molecule has 7 nitrogen and oxygen atoms in total. The van der Waals surface area contributed by atoms with Crippen LogP contribution in [0.4, 0.5) is 36.8 Å². The Balaban J connectivity index is 1.71. The molecule has 0 saturated carbocycles. The van der Waals surface area contributed by atoms with Crippen molar-refractivity contribution >= 4 is 29.3 Å². The van der Waals surface area contributed by atoms with Gasteiger partial charge in [-0.3, -0.25) is 9.69 Å². The molecule has 0 bridgehead atoms. The second-order valence-electron chi connectivity index (χ2n) is 9.75. The Hall–Kier alpha value is -4.81. The quantitative estimate of drug-likeness (QED) is 0.203. The SMILES string of the molecule is CCCN1C(=O)NC(c2ccc(NC(=O)c3cc(C(F)(F)F)cc(C(F)(F)F)c3)cc2)C(C(=O)OCC)=C1c1ccccc1. The first kappa shape index (κ1) is 32.1. The van der Waals surface area contributed by atoms with E-state index in [2.05, 4.69) is 10.6 Å². The monoisotopic (exact) mass is 619 g/mol. The molecule has 0 radical (unpaired) electrons. The molecule has 1 unspecified atom stereocenters. The molecule has 0 aromatic heterocycles. The summed E-state index contributed by atoms with van der Waals surface area (Å²) in [6.45, 7) is 3.89. The van der Waals surface area contributed by atoms with Crippen molar-refractivity contribution in [1.82, 2.24) is 10.2 Å². The van der Waals surface area contributed by atoms with E-state index < -0.39 is 53.0 Å². The lowest BCUT2D eigenvalue weighted by atomic mass is 9.91. The van der Waals surface area contributed by atoms with E-state index in [1.54, 1.807) is 37.3 Å². The van der Waals surface area contributed by atoms with E-state index in [1.807, 2.05) is 6.92 Å². The highest BCUT2D eigenvalue weighted by Crippen LogP contribution is 2.38. The predicted molar refractivity (Wildman–Crippen MR) is 149 cm³/mol. The van der Waals surface area contributed by atoms with Crippen molar-refractivity contribution < 1.29 is 45.5 Å². The number of hydrogen-bond acceptors (Lipinski definition) is 4. The molecule has 0 aliphatic carbocycles. The summed E-state index contributed by atoms with van der Waals surface area (Å²) in [5, 5.41) is 5.11. The number of nitrogens with one attached hydrogen (secondary N) is 2. The van der Waals surface area contributed by atoms with E-state index in [9.17, 15) is 40.7 Å². The fourth-order valence-corrected chi connectivity index (χ4v) is 4.72. The number of carbonyl (C=O) groups is 3. The molecule has 44 heavy (non-hydrogen) atoms. The van der Waals surface area contributed by atoms with Crippen LogP contribution in [0.1, 0.15) is 58.9 Å². The van der Waals surface area contributed by atoms with Crippen LogP contribution < -0.4 is 10.6 Å². The summed E-state index contributed by atoms with van der Waals surface area (Å²) in [6, 6.07) is 13.6. The van der Waals surface area contributed by atoms with Gasteiger partial charge in [0.25, 0.3) is 5.91 Å². The Bertz CT molecular complexity index is 1540. The number of anilines is 1. The van der Waals surface area contributed by atoms with E-state index in [0.29, 0.717) is 41.9 Å². The molecule has 0 saturated heterocycles. The van der Waals surface area contributed by atoms with Gasteiger partial charge in [0, 0.05) is 17.8 Å². The molecule has 1 atom stereocenters. The van der Waals surface area contributed by atoms with Crippen molar-refractivity contribution in [3.8, 4) is 0 Å². The number of benzene rings is 3. The molecule has 0 fully saturated rings. The molecule has 13 heteroatoms. The summed E-state index contributed by atoms with van der Waals surface area (Å²) in [5.74, 6) is -1.87. The second kappa shape index (κ2) is 12.8. The van der Waals surface area contributed by atoms with Crippen LogP contribution in [0.15, 0.2) is 78.4 Å². The zero-order valence-corrected chi connectivity index (χ0v) is 23.5. The first-order valence-corrected chi connectivity index (χ1v) is 13.5. The minimum Gasteiger partial charge on any atom is -0.463 e. The largest absolute Gasteiger partial charge is 0.463 e. The number of amides is 3. The van der Waals surface area contributed by atoms with Crippen molar-refractivity contribution in [1.29, 1.82) is 0 Å². The predicted octanol–water partition coefficient (Wildman–Crippen LogP) is 7.43. The Labute approximate surface area is 248 Å². The van der Waals surface area contributed by atoms with Gasteiger partial charge in [0.05, 0.1) is 35.0 Å². The highest BCUT2D eigenvalue weighted by atomic mass is 19.4. The zero-order chi connectivity index (χ0) is 32.2. The summed E-state index contributed by atoms with van der Waals surface area (Å²) in [5.41, 5.74) is -2.50. The molecule has 1 aliphatic rings. The van der Waals surface area contributed by atoms with Gasteiger partial charge in [-0.1, -0.05) is 49.4 Å². The van der Waals surface area contributed by atoms with Gasteiger partial charge >= 0.3 is 24.4 Å². The van der Waals surface area contributed by atoms with Crippen molar-refractivity contribution in [2.24, 2.45) is 0 Å². The van der Waals surface area contributed by atoms with Gasteiger partial charge in [0.2, 0.25) is 0 Å². The number of urea groups is 1. The summed E-state index contributed by atoms with van der Waals surface area (Å²) in [7, 11) is 0. The van der Waals surface area contributed by atoms with E-state index in [4.69, 9.17) is 4.74 Å². The molecular weight excluding hydrogens is 592 g/mol. The first-order valence-electron chi connectivity index (χ1n) is 13.5. The van der Waals surface area contributed by atoms with Crippen LogP contribution in [0.2, 0.25) is 0 Å². The van der Waals surface area contributed by atoms with E-state index in [-0.39, 0.29) is 23.9 Å². The third-order valence-corrected chi connectivity index (χ3v) is 6.67. The van der Waals surface area contributed by atoms with E-state index in [1.165, 1.54) is 29.2 Å². The van der Waals surface area contributed by atoms with Gasteiger partial charge in [-0.25, -0.2) is 9.59 Å². The average Bonchev–Trinajstić information content (AvgIpc) is 2.97. The third-order valence-electron chi connectivity index (χ3n) is 6.67. The summed E-state index contributed by atoms with van der Waals surface area (Å²) < 4.78 is 84.8. The van der Waals surface area contributed by atoms with E-state index in [0.717, 1.165) is 0 Å². The van der Waals surface area contributed by atoms with Crippen LogP contribution >= 0.6 is 0 Å². The number of hydrogen-bond donors (Lipinski definition) is 2. The summed E-state index contributed by atoms with van der Waals surface area (Å²) in [4.78, 5) is 40.8. The highest BCUT2D eigenvalue weighted by molar-refractivity contribution is 6.05. The Kier molecular flexibility index (Phi) is 9.36. The molecule has 4 rings (SSSR count). The van der Waals surface area contributed by atoms with Gasteiger partial charge in [0.15, 0.2) is 0 Å². The van der Waals surface area contributed by atoms with Gasteiger partial charge < -0.3 is 15.4 Å². The Morgan fingerprint density at radius 2 is 1.48 bits per heavy atom. The lowest BCUT2D eigenvalue weighted by Crippen LogP contribution is -2.48. The molecule has 3 amide bonds. The maximum absolute atomic E-state index is 13.3.